The maximum absolute atomic E-state index is 14.2. The summed E-state index contributed by atoms with van der Waals surface area (Å²) in [5.74, 6) is -0.664. The van der Waals surface area contributed by atoms with Crippen molar-refractivity contribution in [3.8, 4) is 0 Å². The molecule has 2 saturated heterocycles. The Morgan fingerprint density at radius 3 is 2.67 bits per heavy atom. The van der Waals surface area contributed by atoms with Gasteiger partial charge >= 0.3 is 5.97 Å². The molecular weight excluding hydrogens is 378 g/mol. The summed E-state index contributed by atoms with van der Waals surface area (Å²) in [6.07, 6.45) is 6.93. The Morgan fingerprint density at radius 1 is 1.27 bits per heavy atom. The Kier molecular flexibility index (Phi) is 5.52. The van der Waals surface area contributed by atoms with Crippen LogP contribution in [0, 0.1) is 17.3 Å². The van der Waals surface area contributed by atoms with Crippen LogP contribution in [-0.4, -0.2) is 35.2 Å². The Bertz CT molecular complexity index is 827. The predicted molar refractivity (Wildman–Crippen MR) is 114 cm³/mol. The molecule has 0 bridgehead atoms. The van der Waals surface area contributed by atoms with Crippen molar-refractivity contribution in [1.82, 2.24) is 4.90 Å². The summed E-state index contributed by atoms with van der Waals surface area (Å²) < 4.78 is 12.1. The number of amides is 1. The van der Waals surface area contributed by atoms with Gasteiger partial charge in [-0.05, 0) is 52.0 Å². The van der Waals surface area contributed by atoms with Gasteiger partial charge in [-0.1, -0.05) is 49.4 Å². The highest BCUT2D eigenvalue weighted by molar-refractivity contribution is 6.04. The molecule has 5 nitrogen and oxygen atoms in total. The first-order valence-electron chi connectivity index (χ1n) is 11.2. The van der Waals surface area contributed by atoms with Gasteiger partial charge in [-0.2, -0.15) is 0 Å². The van der Waals surface area contributed by atoms with E-state index in [1.807, 2.05) is 56.0 Å². The minimum Gasteiger partial charge on any atom is -0.459 e. The average molecular weight is 412 g/mol. The van der Waals surface area contributed by atoms with Crippen molar-refractivity contribution in [3.63, 3.8) is 0 Å². The first-order chi connectivity index (χ1) is 14.3. The molecule has 0 radical (unpaired) electrons. The van der Waals surface area contributed by atoms with E-state index in [-0.39, 0.29) is 36.0 Å². The second-order valence-electron chi connectivity index (χ2n) is 9.75. The Balaban J connectivity index is 1.82. The summed E-state index contributed by atoms with van der Waals surface area (Å²) in [6, 6.07) is 9.82. The molecule has 0 spiro atoms. The van der Waals surface area contributed by atoms with Crippen LogP contribution in [0.25, 0.3) is 0 Å². The number of hydrogen-bond acceptors (Lipinski definition) is 4. The molecule has 2 fully saturated rings. The lowest BCUT2D eigenvalue weighted by molar-refractivity contribution is -0.194. The highest BCUT2D eigenvalue weighted by Gasteiger charge is 2.65. The number of hydrogen-bond donors (Lipinski definition) is 0. The number of benzene rings is 1. The highest BCUT2D eigenvalue weighted by atomic mass is 16.6. The lowest BCUT2D eigenvalue weighted by atomic mass is 9.62. The zero-order chi connectivity index (χ0) is 21.5. The first kappa shape index (κ1) is 21.1. The minimum absolute atomic E-state index is 0.0540. The van der Waals surface area contributed by atoms with Crippen molar-refractivity contribution in [3.05, 3.63) is 48.0 Å². The Hall–Kier alpha value is -2.14. The molecule has 0 aromatic heterocycles. The molecule has 1 aliphatic carbocycles. The van der Waals surface area contributed by atoms with Gasteiger partial charge in [-0.3, -0.25) is 9.59 Å². The lowest BCUT2D eigenvalue weighted by Crippen LogP contribution is -2.64. The van der Waals surface area contributed by atoms with E-state index in [9.17, 15) is 9.59 Å². The predicted octanol–water partition coefficient (Wildman–Crippen LogP) is 4.64. The molecule has 30 heavy (non-hydrogen) atoms. The standard InChI is InChI=1S/C25H33NO4/c1-5-18-19-14-10-7-11-15-25(19,23(28)30-24(2,3)4)22(27)26-20(16-29-21(18)26)17-12-8-6-9-13-17/h6,8-10,12-14,18-21H,5,7,11,15-16H2,1-4H3/t18-,19+,20-,21+,25+/m0/s1. The SMILES string of the molecule is CC[C@@H]1[C@H]2OC[C@@H](c3ccccc3)N2C(=O)[C@@]2(C(=O)OC(C)(C)C)CCCC=C[C@H]12. The van der Waals surface area contributed by atoms with Gasteiger partial charge in [0.2, 0.25) is 5.91 Å². The number of carbonyl (C=O) groups excluding carboxylic acids is 2. The topological polar surface area (TPSA) is 55.8 Å². The van der Waals surface area contributed by atoms with Gasteiger partial charge in [0.15, 0.2) is 5.41 Å². The fourth-order valence-electron chi connectivity index (χ4n) is 5.43. The molecule has 4 rings (SSSR count). The molecule has 0 unspecified atom stereocenters. The van der Waals surface area contributed by atoms with E-state index in [1.165, 1.54) is 0 Å². The van der Waals surface area contributed by atoms with Crippen LogP contribution in [0.5, 0.6) is 0 Å². The van der Waals surface area contributed by atoms with Crippen molar-refractivity contribution < 1.29 is 19.1 Å². The van der Waals surface area contributed by atoms with Gasteiger partial charge in [-0.15, -0.1) is 0 Å². The van der Waals surface area contributed by atoms with Crippen molar-refractivity contribution in [2.45, 2.75) is 71.2 Å². The summed E-state index contributed by atoms with van der Waals surface area (Å²) in [6.45, 7) is 8.17. The molecule has 1 aromatic rings. The summed E-state index contributed by atoms with van der Waals surface area (Å²) >= 11 is 0. The van der Waals surface area contributed by atoms with Crippen LogP contribution < -0.4 is 0 Å². The van der Waals surface area contributed by atoms with Crippen LogP contribution in [0.15, 0.2) is 42.5 Å². The molecular formula is C25H33NO4. The largest absolute Gasteiger partial charge is 0.459 e. The van der Waals surface area contributed by atoms with Crippen molar-refractivity contribution in [2.75, 3.05) is 6.61 Å². The summed E-state index contributed by atoms with van der Waals surface area (Å²) in [7, 11) is 0. The van der Waals surface area contributed by atoms with E-state index in [4.69, 9.17) is 9.47 Å². The third-order valence-electron chi connectivity index (χ3n) is 6.75. The molecule has 2 heterocycles. The quantitative estimate of drug-likeness (QED) is 0.413. The zero-order valence-electron chi connectivity index (χ0n) is 18.5. The number of carbonyl (C=O) groups is 2. The van der Waals surface area contributed by atoms with Crippen LogP contribution in [0.4, 0.5) is 0 Å². The molecule has 1 aromatic carbocycles. The zero-order valence-corrected chi connectivity index (χ0v) is 18.5. The maximum atomic E-state index is 14.2. The van der Waals surface area contributed by atoms with E-state index in [2.05, 4.69) is 19.1 Å². The number of rotatable bonds is 3. The monoisotopic (exact) mass is 411 g/mol. The molecule has 5 atom stereocenters. The number of allylic oxidation sites excluding steroid dienone is 2. The fourth-order valence-corrected chi connectivity index (χ4v) is 5.43. The summed E-state index contributed by atoms with van der Waals surface area (Å²) in [5, 5.41) is 0. The van der Waals surface area contributed by atoms with Gasteiger partial charge < -0.3 is 14.4 Å². The number of esters is 1. The second kappa shape index (κ2) is 7.84. The van der Waals surface area contributed by atoms with Crippen molar-refractivity contribution in [2.24, 2.45) is 17.3 Å². The molecule has 1 amide bonds. The first-order valence-corrected chi connectivity index (χ1v) is 11.2. The third kappa shape index (κ3) is 3.37. The van der Waals surface area contributed by atoms with Crippen LogP contribution in [0.1, 0.15) is 65.0 Å². The van der Waals surface area contributed by atoms with Crippen molar-refractivity contribution >= 4 is 11.9 Å². The molecule has 0 saturated carbocycles. The molecule has 162 valence electrons. The van der Waals surface area contributed by atoms with E-state index in [1.54, 1.807) is 0 Å². The van der Waals surface area contributed by atoms with E-state index >= 15 is 0 Å². The number of piperidine rings is 1. The number of ether oxygens (including phenoxy) is 2. The highest BCUT2D eigenvalue weighted by Crippen LogP contribution is 2.54. The van der Waals surface area contributed by atoms with Gasteiger partial charge in [0.05, 0.1) is 12.6 Å². The van der Waals surface area contributed by atoms with E-state index < -0.39 is 11.0 Å². The summed E-state index contributed by atoms with van der Waals surface area (Å²) in [4.78, 5) is 29.7. The van der Waals surface area contributed by atoms with Gasteiger partial charge in [0.1, 0.15) is 11.8 Å². The molecule has 3 aliphatic rings. The molecule has 0 N–H and O–H groups in total. The average Bonchev–Trinajstić information content (AvgIpc) is 3.01. The minimum atomic E-state index is -1.18. The normalized spacial score (nSPS) is 33.6. The van der Waals surface area contributed by atoms with Crippen LogP contribution in [0.2, 0.25) is 0 Å². The number of nitrogens with zero attached hydrogens (tertiary/aromatic N) is 1. The Labute approximate surface area is 179 Å². The van der Waals surface area contributed by atoms with Gasteiger partial charge in [0.25, 0.3) is 0 Å². The fraction of sp³-hybridized carbons (Fsp3) is 0.600. The van der Waals surface area contributed by atoms with Gasteiger partial charge in [0, 0.05) is 11.8 Å². The number of fused-ring (bicyclic) bond motifs is 2. The smallest absolute Gasteiger partial charge is 0.322 e. The van der Waals surface area contributed by atoms with Crippen molar-refractivity contribution in [1.29, 1.82) is 0 Å². The lowest BCUT2D eigenvalue weighted by Gasteiger charge is -2.51. The molecule has 2 aliphatic heterocycles. The van der Waals surface area contributed by atoms with Crippen LogP contribution in [-0.2, 0) is 19.1 Å². The van der Waals surface area contributed by atoms with Crippen LogP contribution >= 0.6 is 0 Å². The third-order valence-corrected chi connectivity index (χ3v) is 6.75. The summed E-state index contributed by atoms with van der Waals surface area (Å²) in [5.41, 5.74) is -0.783. The maximum Gasteiger partial charge on any atom is 0.322 e. The second-order valence-corrected chi connectivity index (χ2v) is 9.75. The molecule has 5 heteroatoms. The van der Waals surface area contributed by atoms with Gasteiger partial charge in [-0.25, -0.2) is 0 Å². The Morgan fingerprint density at radius 2 is 2.00 bits per heavy atom. The van der Waals surface area contributed by atoms with E-state index in [0.29, 0.717) is 13.0 Å². The van der Waals surface area contributed by atoms with E-state index in [0.717, 1.165) is 24.8 Å². The van der Waals surface area contributed by atoms with Crippen LogP contribution in [0.3, 0.4) is 0 Å².